The summed E-state index contributed by atoms with van der Waals surface area (Å²) in [6.07, 6.45) is 3.37. The predicted octanol–water partition coefficient (Wildman–Crippen LogP) is 6.05. The van der Waals surface area contributed by atoms with E-state index in [4.69, 9.17) is 16.7 Å². The first-order chi connectivity index (χ1) is 18.0. The molecule has 2 heterocycles. The van der Waals surface area contributed by atoms with E-state index < -0.39 is 11.8 Å². The Labute approximate surface area is 229 Å². The first-order valence-corrected chi connectivity index (χ1v) is 13.2. The number of rotatable bonds is 7. The number of hydrogen-bond donors (Lipinski definition) is 2. The van der Waals surface area contributed by atoms with Gasteiger partial charge in [0, 0.05) is 31.9 Å². The molecule has 2 amide bonds. The maximum absolute atomic E-state index is 12.6. The van der Waals surface area contributed by atoms with Gasteiger partial charge in [0.15, 0.2) is 0 Å². The highest BCUT2D eigenvalue weighted by molar-refractivity contribution is 9.10. The summed E-state index contributed by atoms with van der Waals surface area (Å²) in [5.74, 6) is -0.880. The Kier molecular flexibility index (Phi) is 7.45. The molecule has 0 radical (unpaired) electrons. The number of hydrazone groups is 1. The summed E-state index contributed by atoms with van der Waals surface area (Å²) in [5, 5.41) is 12.6. The van der Waals surface area contributed by atoms with Crippen molar-refractivity contribution in [2.75, 3.05) is 6.54 Å². The summed E-state index contributed by atoms with van der Waals surface area (Å²) in [6.45, 7) is -0.246. The minimum Gasteiger partial charge on any atom is -0.342 e. The molecule has 0 bridgehead atoms. The first-order valence-electron chi connectivity index (χ1n) is 11.2. The van der Waals surface area contributed by atoms with Gasteiger partial charge in [0.2, 0.25) is 0 Å². The number of nitrogens with one attached hydrogen (secondary N) is 2. The summed E-state index contributed by atoms with van der Waals surface area (Å²) in [5.41, 5.74) is 5.68. The summed E-state index contributed by atoms with van der Waals surface area (Å²) < 4.78 is 3.62. The van der Waals surface area contributed by atoms with E-state index in [0.717, 1.165) is 25.8 Å². The van der Waals surface area contributed by atoms with Crippen LogP contribution in [-0.4, -0.2) is 34.4 Å². The van der Waals surface area contributed by atoms with E-state index in [2.05, 4.69) is 31.8 Å². The van der Waals surface area contributed by atoms with Gasteiger partial charge in [-0.1, -0.05) is 76.1 Å². The molecule has 7 nitrogen and oxygen atoms in total. The van der Waals surface area contributed by atoms with Gasteiger partial charge in [0.25, 0.3) is 11.8 Å². The van der Waals surface area contributed by atoms with Crippen molar-refractivity contribution in [2.24, 2.45) is 5.10 Å². The number of halogens is 2. The molecular weight excluding hydrogens is 574 g/mol. The first kappa shape index (κ1) is 24.9. The van der Waals surface area contributed by atoms with Crippen molar-refractivity contribution in [2.45, 2.75) is 0 Å². The Balaban J connectivity index is 1.27. The van der Waals surface area contributed by atoms with Crippen LogP contribution in [0.25, 0.3) is 27.0 Å². The van der Waals surface area contributed by atoms with E-state index in [9.17, 15) is 9.59 Å². The molecule has 2 N–H and O–H groups in total. The highest BCUT2D eigenvalue weighted by Crippen LogP contribution is 2.35. The number of fused-ring (bicyclic) bond motifs is 1. The lowest BCUT2D eigenvalue weighted by Crippen LogP contribution is -2.34. The average molecular weight is 593 g/mol. The quantitative estimate of drug-likeness (QED) is 0.178. The zero-order valence-electron chi connectivity index (χ0n) is 19.2. The lowest BCUT2D eigenvalue weighted by molar-refractivity contribution is -0.120. The number of benzene rings is 3. The van der Waals surface area contributed by atoms with Crippen molar-refractivity contribution in [3.8, 4) is 16.9 Å². The van der Waals surface area contributed by atoms with Gasteiger partial charge in [-0.15, -0.1) is 11.3 Å². The Morgan fingerprint density at radius 3 is 2.51 bits per heavy atom. The van der Waals surface area contributed by atoms with Crippen LogP contribution in [-0.2, 0) is 4.79 Å². The molecule has 0 aliphatic carbocycles. The van der Waals surface area contributed by atoms with Crippen molar-refractivity contribution >= 4 is 67.0 Å². The van der Waals surface area contributed by atoms with Gasteiger partial charge in [-0.3, -0.25) is 9.59 Å². The van der Waals surface area contributed by atoms with E-state index in [-0.39, 0.29) is 6.54 Å². The van der Waals surface area contributed by atoms with E-state index in [1.54, 1.807) is 4.68 Å². The molecule has 5 rings (SSSR count). The Bertz CT molecular complexity index is 1610. The van der Waals surface area contributed by atoms with Crippen LogP contribution < -0.4 is 10.7 Å². The minimum absolute atomic E-state index is 0.246. The molecule has 2 aromatic heterocycles. The van der Waals surface area contributed by atoms with Gasteiger partial charge >= 0.3 is 0 Å². The number of carbonyl (C=O) groups is 2. The second kappa shape index (κ2) is 11.1. The standard InChI is InChI=1S/C27H19BrClN5O2S/c28-19-12-10-17(11-13-19)25-18(16-34(33-25)20-6-2-1-3-7-20)14-31-32-23(35)15-30-27(36)26-24(29)21-8-4-5-9-22(21)37-26/h1-14,16H,15H2,(H,30,36)(H,32,35). The SMILES string of the molecule is O=C(CNC(=O)c1sc2ccccc2c1Cl)NN=Cc1cn(-c2ccccc2)nc1-c1ccc(Br)cc1. The molecular formula is C27H19BrClN5O2S. The number of thiophene rings is 1. The number of aromatic nitrogens is 2. The van der Waals surface area contributed by atoms with Crippen molar-refractivity contribution in [3.05, 3.63) is 105 Å². The van der Waals surface area contributed by atoms with Gasteiger partial charge in [-0.25, -0.2) is 10.1 Å². The number of hydrogen-bond acceptors (Lipinski definition) is 5. The molecule has 10 heteroatoms. The van der Waals surface area contributed by atoms with Crippen LogP contribution in [0.2, 0.25) is 5.02 Å². The number of para-hydroxylation sites is 1. The average Bonchev–Trinajstić information content (AvgIpc) is 3.50. The lowest BCUT2D eigenvalue weighted by Gasteiger charge is -2.03. The molecule has 0 spiro atoms. The number of nitrogens with zero attached hydrogens (tertiary/aromatic N) is 3. The fraction of sp³-hybridized carbons (Fsp3) is 0.0370. The summed E-state index contributed by atoms with van der Waals surface area (Å²) in [4.78, 5) is 25.3. The molecule has 0 atom stereocenters. The maximum atomic E-state index is 12.6. The second-order valence-corrected chi connectivity index (χ2v) is 10.3. The molecule has 0 saturated heterocycles. The van der Waals surface area contributed by atoms with Gasteiger partial charge < -0.3 is 5.32 Å². The van der Waals surface area contributed by atoms with Gasteiger partial charge in [0.05, 0.1) is 23.5 Å². The van der Waals surface area contributed by atoms with E-state index in [0.29, 0.717) is 21.2 Å². The van der Waals surface area contributed by atoms with E-state index in [1.165, 1.54) is 17.6 Å². The third-order valence-corrected chi connectivity index (χ3v) is 7.63. The fourth-order valence-corrected chi connectivity index (χ4v) is 5.34. The molecule has 0 unspecified atom stereocenters. The van der Waals surface area contributed by atoms with Crippen molar-refractivity contribution in [1.82, 2.24) is 20.5 Å². The molecule has 0 aliphatic rings. The highest BCUT2D eigenvalue weighted by atomic mass is 79.9. The topological polar surface area (TPSA) is 88.4 Å². The fourth-order valence-electron chi connectivity index (χ4n) is 3.64. The zero-order chi connectivity index (χ0) is 25.8. The molecule has 5 aromatic rings. The summed E-state index contributed by atoms with van der Waals surface area (Å²) in [7, 11) is 0. The zero-order valence-corrected chi connectivity index (χ0v) is 22.3. The molecule has 0 saturated carbocycles. The van der Waals surface area contributed by atoms with Crippen molar-refractivity contribution in [1.29, 1.82) is 0 Å². The molecule has 0 aliphatic heterocycles. The summed E-state index contributed by atoms with van der Waals surface area (Å²) in [6, 6.07) is 25.0. The highest BCUT2D eigenvalue weighted by Gasteiger charge is 2.17. The molecule has 0 fully saturated rings. The molecule has 184 valence electrons. The lowest BCUT2D eigenvalue weighted by atomic mass is 10.1. The normalized spacial score (nSPS) is 11.2. The molecule has 3 aromatic carbocycles. The van der Waals surface area contributed by atoms with E-state index in [1.807, 2.05) is 85.1 Å². The predicted molar refractivity (Wildman–Crippen MR) is 152 cm³/mol. The van der Waals surface area contributed by atoms with Crippen LogP contribution in [0.15, 0.2) is 94.6 Å². The molecule has 37 heavy (non-hydrogen) atoms. The smallest absolute Gasteiger partial charge is 0.263 e. The van der Waals surface area contributed by atoms with Gasteiger partial charge in [-0.2, -0.15) is 10.2 Å². The minimum atomic E-state index is -0.470. The Morgan fingerprint density at radius 1 is 1.03 bits per heavy atom. The van der Waals surface area contributed by atoms with E-state index >= 15 is 0 Å². The number of amides is 2. The van der Waals surface area contributed by atoms with Crippen molar-refractivity contribution < 1.29 is 9.59 Å². The van der Waals surface area contributed by atoms with Crippen molar-refractivity contribution in [3.63, 3.8) is 0 Å². The third-order valence-electron chi connectivity index (χ3n) is 5.42. The van der Waals surface area contributed by atoms with Crippen LogP contribution in [0.3, 0.4) is 0 Å². The van der Waals surface area contributed by atoms with Crippen LogP contribution in [0.5, 0.6) is 0 Å². The second-order valence-electron chi connectivity index (χ2n) is 7.94. The van der Waals surface area contributed by atoms with Crippen LogP contribution in [0, 0.1) is 0 Å². The van der Waals surface area contributed by atoms with Crippen LogP contribution >= 0.6 is 38.9 Å². The third kappa shape index (κ3) is 5.64. The largest absolute Gasteiger partial charge is 0.342 e. The Morgan fingerprint density at radius 2 is 1.76 bits per heavy atom. The monoisotopic (exact) mass is 591 g/mol. The number of carbonyl (C=O) groups excluding carboxylic acids is 2. The Hall–Kier alpha value is -3.79. The van der Waals surface area contributed by atoms with Crippen LogP contribution in [0.4, 0.5) is 0 Å². The van der Waals surface area contributed by atoms with Gasteiger partial charge in [0.1, 0.15) is 10.6 Å². The van der Waals surface area contributed by atoms with Crippen LogP contribution in [0.1, 0.15) is 15.2 Å². The summed E-state index contributed by atoms with van der Waals surface area (Å²) >= 11 is 11.1. The maximum Gasteiger partial charge on any atom is 0.263 e. The van der Waals surface area contributed by atoms with Gasteiger partial charge in [-0.05, 0) is 30.3 Å².